The van der Waals surface area contributed by atoms with E-state index in [1.165, 1.54) is 69.5 Å². The highest BCUT2D eigenvalue weighted by molar-refractivity contribution is 8.00. The second-order valence-electron chi connectivity index (χ2n) is 6.58. The van der Waals surface area contributed by atoms with Crippen LogP contribution in [0.4, 0.5) is 0 Å². The number of benzene rings is 1. The zero-order valence-electron chi connectivity index (χ0n) is 15.2. The molecule has 0 aliphatic carbocycles. The molecule has 24 heavy (non-hydrogen) atoms. The van der Waals surface area contributed by atoms with Crippen molar-refractivity contribution in [1.29, 1.82) is 0 Å². The fourth-order valence-corrected chi connectivity index (χ4v) is 3.92. The van der Waals surface area contributed by atoms with Crippen molar-refractivity contribution in [2.24, 2.45) is 0 Å². The fraction of sp³-hybridized carbons (Fsp3) is 0.667. The van der Waals surface area contributed by atoms with E-state index in [1.54, 1.807) is 0 Å². The van der Waals surface area contributed by atoms with Gasteiger partial charge in [-0.25, -0.2) is 0 Å². The first-order chi connectivity index (χ1) is 11.7. The number of carboxylic acids is 1. The van der Waals surface area contributed by atoms with Crippen LogP contribution in [0.2, 0.25) is 0 Å². The van der Waals surface area contributed by atoms with Gasteiger partial charge in [0.25, 0.3) is 0 Å². The van der Waals surface area contributed by atoms with E-state index in [0.29, 0.717) is 0 Å². The Morgan fingerprint density at radius 3 is 1.88 bits per heavy atom. The van der Waals surface area contributed by atoms with Crippen molar-refractivity contribution in [2.75, 3.05) is 0 Å². The third kappa shape index (κ3) is 10.7. The van der Waals surface area contributed by atoms with Crippen LogP contribution >= 0.6 is 11.8 Å². The number of rotatable bonds is 15. The molecule has 0 amide bonds. The molecule has 0 saturated carbocycles. The Balaban J connectivity index is 2.02. The average Bonchev–Trinajstić information content (AvgIpc) is 2.59. The molecule has 1 aromatic rings. The molecular weight excluding hydrogens is 316 g/mol. The lowest BCUT2D eigenvalue weighted by atomic mass is 10.0. The maximum Gasteiger partial charge on any atom is 0.316 e. The molecule has 136 valence electrons. The molecule has 1 rings (SSSR count). The van der Waals surface area contributed by atoms with Crippen molar-refractivity contribution in [1.82, 2.24) is 0 Å². The van der Waals surface area contributed by atoms with Gasteiger partial charge in [0.15, 0.2) is 0 Å². The molecule has 1 N–H and O–H groups in total. The molecule has 3 heteroatoms. The highest BCUT2D eigenvalue weighted by atomic mass is 32.2. The van der Waals surface area contributed by atoms with Gasteiger partial charge in [0.1, 0.15) is 5.25 Å². The molecule has 0 bridgehead atoms. The Labute approximate surface area is 152 Å². The number of carbonyl (C=O) groups is 1. The predicted octanol–water partition coefficient (Wildman–Crippen LogP) is 6.93. The SMILES string of the molecule is CCCCCCCCCCCCCC(Sc1ccccc1)C(=O)O. The Hall–Kier alpha value is -0.960. The van der Waals surface area contributed by atoms with Crippen molar-refractivity contribution in [2.45, 2.75) is 94.1 Å². The van der Waals surface area contributed by atoms with Crippen LogP contribution in [0.1, 0.15) is 84.0 Å². The number of hydrogen-bond donors (Lipinski definition) is 1. The van der Waals surface area contributed by atoms with Crippen molar-refractivity contribution < 1.29 is 9.90 Å². The first kappa shape index (κ1) is 21.1. The standard InChI is InChI=1S/C21H34O2S/c1-2-3-4-5-6-7-8-9-10-11-15-18-20(21(22)23)24-19-16-13-12-14-17-19/h12-14,16-17,20H,2-11,15,18H2,1H3,(H,22,23). The smallest absolute Gasteiger partial charge is 0.316 e. The third-order valence-corrected chi connectivity index (χ3v) is 5.63. The molecule has 1 atom stereocenters. The minimum Gasteiger partial charge on any atom is -0.480 e. The van der Waals surface area contributed by atoms with Crippen LogP contribution in [-0.4, -0.2) is 16.3 Å². The maximum atomic E-state index is 11.4. The highest BCUT2D eigenvalue weighted by Crippen LogP contribution is 2.27. The number of aliphatic carboxylic acids is 1. The van der Waals surface area contributed by atoms with Gasteiger partial charge in [-0.2, -0.15) is 0 Å². The number of unbranched alkanes of at least 4 members (excludes halogenated alkanes) is 10. The van der Waals surface area contributed by atoms with Gasteiger partial charge in [-0.1, -0.05) is 95.8 Å². The minimum atomic E-state index is -0.684. The molecular formula is C21H34O2S. The number of carboxylic acid groups (broad SMARTS) is 1. The quantitative estimate of drug-likeness (QED) is 0.275. The van der Waals surface area contributed by atoms with E-state index in [2.05, 4.69) is 6.92 Å². The lowest BCUT2D eigenvalue weighted by Gasteiger charge is -2.11. The van der Waals surface area contributed by atoms with Crippen LogP contribution in [-0.2, 0) is 4.79 Å². The van der Waals surface area contributed by atoms with Crippen molar-refractivity contribution in [3.05, 3.63) is 30.3 Å². The molecule has 2 nitrogen and oxygen atoms in total. The summed E-state index contributed by atoms with van der Waals surface area (Å²) in [6.07, 6.45) is 15.1. The second kappa shape index (κ2) is 14.4. The third-order valence-electron chi connectivity index (χ3n) is 4.37. The van der Waals surface area contributed by atoms with Gasteiger partial charge < -0.3 is 5.11 Å². The van der Waals surface area contributed by atoms with Gasteiger partial charge in [-0.05, 0) is 18.6 Å². The summed E-state index contributed by atoms with van der Waals surface area (Å²) in [5, 5.41) is 9.06. The molecule has 1 aromatic carbocycles. The van der Waals surface area contributed by atoms with E-state index >= 15 is 0 Å². The topological polar surface area (TPSA) is 37.3 Å². The summed E-state index contributed by atoms with van der Waals surface area (Å²) in [5.74, 6) is -0.684. The normalized spacial score (nSPS) is 12.2. The lowest BCUT2D eigenvalue weighted by molar-refractivity contribution is -0.136. The van der Waals surface area contributed by atoms with Gasteiger partial charge in [0.2, 0.25) is 0 Å². The Bertz CT molecular complexity index is 419. The van der Waals surface area contributed by atoms with E-state index in [4.69, 9.17) is 0 Å². The van der Waals surface area contributed by atoms with E-state index in [1.807, 2.05) is 30.3 Å². The van der Waals surface area contributed by atoms with E-state index in [-0.39, 0.29) is 5.25 Å². The van der Waals surface area contributed by atoms with Crippen LogP contribution in [0.25, 0.3) is 0 Å². The summed E-state index contributed by atoms with van der Waals surface area (Å²) in [6, 6.07) is 9.86. The molecule has 0 heterocycles. The van der Waals surface area contributed by atoms with Crippen molar-refractivity contribution >= 4 is 17.7 Å². The molecule has 0 spiro atoms. The maximum absolute atomic E-state index is 11.4. The van der Waals surface area contributed by atoms with Crippen LogP contribution < -0.4 is 0 Å². The van der Waals surface area contributed by atoms with Gasteiger partial charge in [0, 0.05) is 4.90 Å². The predicted molar refractivity (Wildman–Crippen MR) is 105 cm³/mol. The van der Waals surface area contributed by atoms with Crippen LogP contribution in [0, 0.1) is 0 Å². The second-order valence-corrected chi connectivity index (χ2v) is 7.86. The molecule has 0 fully saturated rings. The van der Waals surface area contributed by atoms with Crippen LogP contribution in [0.15, 0.2) is 35.2 Å². The molecule has 0 aliphatic rings. The summed E-state index contributed by atoms with van der Waals surface area (Å²) < 4.78 is 0. The van der Waals surface area contributed by atoms with Gasteiger partial charge in [-0.15, -0.1) is 11.8 Å². The first-order valence-corrected chi connectivity index (χ1v) is 10.6. The van der Waals surface area contributed by atoms with Gasteiger partial charge >= 0.3 is 5.97 Å². The largest absolute Gasteiger partial charge is 0.480 e. The van der Waals surface area contributed by atoms with Crippen LogP contribution in [0.5, 0.6) is 0 Å². The van der Waals surface area contributed by atoms with Crippen LogP contribution in [0.3, 0.4) is 0 Å². The van der Waals surface area contributed by atoms with E-state index in [0.717, 1.165) is 24.2 Å². The van der Waals surface area contributed by atoms with Crippen molar-refractivity contribution in [3.63, 3.8) is 0 Å². The Kier molecular flexibility index (Phi) is 12.6. The highest BCUT2D eigenvalue weighted by Gasteiger charge is 2.18. The van der Waals surface area contributed by atoms with E-state index in [9.17, 15) is 9.90 Å². The van der Waals surface area contributed by atoms with Gasteiger partial charge in [-0.3, -0.25) is 4.79 Å². The summed E-state index contributed by atoms with van der Waals surface area (Å²) in [5.41, 5.74) is 0. The summed E-state index contributed by atoms with van der Waals surface area (Å²) in [4.78, 5) is 12.4. The van der Waals surface area contributed by atoms with E-state index < -0.39 is 5.97 Å². The summed E-state index contributed by atoms with van der Waals surface area (Å²) in [7, 11) is 0. The molecule has 0 radical (unpaired) electrons. The zero-order valence-corrected chi connectivity index (χ0v) is 16.0. The Morgan fingerprint density at radius 2 is 1.38 bits per heavy atom. The Morgan fingerprint density at radius 1 is 0.875 bits per heavy atom. The monoisotopic (exact) mass is 350 g/mol. The molecule has 0 aliphatic heterocycles. The van der Waals surface area contributed by atoms with Crippen molar-refractivity contribution in [3.8, 4) is 0 Å². The number of hydrogen-bond acceptors (Lipinski definition) is 2. The molecule has 0 saturated heterocycles. The fourth-order valence-electron chi connectivity index (χ4n) is 2.89. The zero-order chi connectivity index (χ0) is 17.5. The van der Waals surface area contributed by atoms with Gasteiger partial charge in [0.05, 0.1) is 0 Å². The first-order valence-electron chi connectivity index (χ1n) is 9.68. The minimum absolute atomic E-state index is 0.314. The summed E-state index contributed by atoms with van der Waals surface area (Å²) >= 11 is 1.48. The molecule has 1 unspecified atom stereocenters. The average molecular weight is 351 g/mol. The number of thioether (sulfide) groups is 1. The summed E-state index contributed by atoms with van der Waals surface area (Å²) in [6.45, 7) is 2.26. The molecule has 0 aromatic heterocycles. The lowest BCUT2D eigenvalue weighted by Crippen LogP contribution is -2.16.